The predicted molar refractivity (Wildman–Crippen MR) is 281 cm³/mol. The van der Waals surface area contributed by atoms with E-state index in [1.165, 1.54) is 19.2 Å². The van der Waals surface area contributed by atoms with Gasteiger partial charge in [0.15, 0.2) is 0 Å². The van der Waals surface area contributed by atoms with Crippen molar-refractivity contribution in [3.8, 4) is 0 Å². The highest BCUT2D eigenvalue weighted by Crippen LogP contribution is 2.20. The van der Waals surface area contributed by atoms with Crippen molar-refractivity contribution >= 4 is 80.3 Å². The number of carbonyl (C=O) groups excluding carboxylic acids is 7. The van der Waals surface area contributed by atoms with Gasteiger partial charge in [-0.2, -0.15) is 8.42 Å². The van der Waals surface area contributed by atoms with Crippen molar-refractivity contribution in [3.63, 3.8) is 0 Å². The molecule has 0 aliphatic carbocycles. The van der Waals surface area contributed by atoms with Gasteiger partial charge in [-0.3, -0.25) is 47.7 Å². The van der Waals surface area contributed by atoms with Gasteiger partial charge in [-0.15, -0.1) is 0 Å². The number of H-pyrrole nitrogens is 1. The Morgan fingerprint density at radius 1 is 0.526 bits per heavy atom. The van der Waals surface area contributed by atoms with Gasteiger partial charge in [-0.05, 0) is 61.2 Å². The molecule has 4 rings (SSSR count). The largest absolute Gasteiger partial charge is 0.481 e. The number of para-hydroxylation sites is 1. The van der Waals surface area contributed by atoms with Crippen LogP contribution in [-0.2, 0) is 77.3 Å². The lowest BCUT2D eigenvalue weighted by atomic mass is 10.0. The van der Waals surface area contributed by atoms with E-state index >= 15 is 0 Å². The molecule has 1 heterocycles. The highest BCUT2D eigenvalue weighted by molar-refractivity contribution is 7.85. The summed E-state index contributed by atoms with van der Waals surface area (Å²) in [6.45, 7) is 2.86. The Kier molecular flexibility index (Phi) is 24.4. The van der Waals surface area contributed by atoms with Gasteiger partial charge in [0.25, 0.3) is 10.1 Å². The summed E-state index contributed by atoms with van der Waals surface area (Å²) < 4.78 is 32.7. The second kappa shape index (κ2) is 30.5. The van der Waals surface area contributed by atoms with E-state index in [-0.39, 0.29) is 31.2 Å². The van der Waals surface area contributed by atoms with E-state index in [4.69, 9.17) is 0 Å². The van der Waals surface area contributed by atoms with E-state index in [1.54, 1.807) is 67.7 Å². The number of benzene rings is 3. The summed E-state index contributed by atoms with van der Waals surface area (Å²) in [5.41, 5.74) is 2.28. The molecule has 0 saturated carbocycles. The molecule has 0 bridgehead atoms. The molecule has 13 N–H and O–H groups in total. The minimum Gasteiger partial charge on any atom is -0.481 e. The van der Waals surface area contributed by atoms with Crippen LogP contribution in [0.15, 0.2) is 90.0 Å². The van der Waals surface area contributed by atoms with Gasteiger partial charge >= 0.3 is 17.9 Å². The molecule has 3 aromatic carbocycles. The van der Waals surface area contributed by atoms with Crippen LogP contribution in [0.5, 0.6) is 0 Å². The average Bonchev–Trinajstić information content (AvgIpc) is 3.81. The molecule has 78 heavy (non-hydrogen) atoms. The molecule has 0 spiro atoms. The highest BCUT2D eigenvalue weighted by Gasteiger charge is 2.34. The fourth-order valence-corrected chi connectivity index (χ4v) is 8.64. The molecule has 25 nitrogen and oxygen atoms in total. The number of carboxylic acid groups (broad SMARTS) is 3. The van der Waals surface area contributed by atoms with Crippen molar-refractivity contribution in [2.75, 3.05) is 13.6 Å². The maximum atomic E-state index is 14.3. The first-order chi connectivity index (χ1) is 37.0. The molecular formula is C52H67N9O16S. The summed E-state index contributed by atoms with van der Waals surface area (Å²) >= 11 is 0. The maximum Gasteiger partial charge on any atom is 0.326 e. The van der Waals surface area contributed by atoms with E-state index < -0.39 is 142 Å². The molecule has 2 unspecified atom stereocenters. The molecule has 7 amide bonds. The first-order valence-corrected chi connectivity index (χ1v) is 26.5. The van der Waals surface area contributed by atoms with Gasteiger partial charge < -0.3 is 62.8 Å². The standard InChI is InChI=1S/C52H67N9O16S/c1-4-6-16-36(47(68)58-39(50(71)61-42(52(73)74)27-45(65)66)24-31-19-21-33(22-20-31)78(75,76)77)56-43(62)29-55-46(67)40(25-32-28-54-35-18-12-11-15-34(32)35)59-48(69)37(17-7-5-2)57-51(72)41(26-44(63)64)60-49(70)38(53-3)23-30-13-9-8-10-14-30/h8-15,18-22,28,36-42,53-54H,4-7,16-17,23-27,29H2,1-3H3,(H,55,67)(H,56,62)(H,57,72)(H,58,68)(H,59,69)(H,60,70)(H,61,71)(H,63,64)(H,65,66)(H,73,74)(H,75,76,77)/t36?,37?,38-,39-,40-,41-,42-/m0/s1. The Morgan fingerprint density at radius 3 is 1.55 bits per heavy atom. The number of aromatic amines is 1. The first kappa shape index (κ1) is 62.3. The van der Waals surface area contributed by atoms with Crippen LogP contribution in [0.1, 0.15) is 81.9 Å². The Morgan fingerprint density at radius 2 is 0.987 bits per heavy atom. The quantitative estimate of drug-likeness (QED) is 0.0288. The Bertz CT molecular complexity index is 2860. The fourth-order valence-electron chi connectivity index (χ4n) is 8.16. The average molecular weight is 1110 g/mol. The third-order valence-electron chi connectivity index (χ3n) is 12.4. The van der Waals surface area contributed by atoms with Crippen LogP contribution in [-0.4, -0.2) is 148 Å². The summed E-state index contributed by atoms with van der Waals surface area (Å²) in [6, 6.07) is 10.3. The normalized spacial score (nSPS) is 13.9. The number of aliphatic carboxylic acids is 3. The molecule has 422 valence electrons. The Balaban J connectivity index is 1.55. The third kappa shape index (κ3) is 20.0. The van der Waals surface area contributed by atoms with Crippen LogP contribution in [0.25, 0.3) is 10.9 Å². The minimum absolute atomic E-state index is 0.0128. The number of carbonyl (C=O) groups is 10. The second-order valence-electron chi connectivity index (χ2n) is 18.4. The zero-order valence-electron chi connectivity index (χ0n) is 43.2. The molecule has 0 radical (unpaired) electrons. The zero-order valence-corrected chi connectivity index (χ0v) is 44.0. The van der Waals surface area contributed by atoms with E-state index in [2.05, 4.69) is 47.5 Å². The lowest BCUT2D eigenvalue weighted by molar-refractivity contribution is -0.147. The van der Waals surface area contributed by atoms with Crippen molar-refractivity contribution in [2.45, 2.75) is 132 Å². The van der Waals surface area contributed by atoms with E-state index in [0.717, 1.165) is 17.7 Å². The van der Waals surface area contributed by atoms with E-state index in [9.17, 15) is 76.2 Å². The second-order valence-corrected chi connectivity index (χ2v) is 19.8. The SMILES string of the molecule is CCCCC(NC(=O)CNC(=O)[C@H](Cc1c[nH]c2ccccc12)NC(=O)C(CCCC)NC(=O)[C@H](CC(=O)O)NC(=O)[C@H](Cc1ccccc1)NC)C(=O)N[C@@H](Cc1ccc(S(=O)(=O)O)cc1)C(=O)N[C@@H](CC(=O)O)C(=O)O. The highest BCUT2D eigenvalue weighted by atomic mass is 32.2. The summed E-state index contributed by atoms with van der Waals surface area (Å²) in [5.74, 6) is -11.0. The number of hydrogen-bond acceptors (Lipinski definition) is 13. The Hall–Kier alpha value is -8.23. The van der Waals surface area contributed by atoms with Crippen LogP contribution in [0.3, 0.4) is 0 Å². The molecule has 4 aromatic rings. The number of rotatable bonds is 33. The summed E-state index contributed by atoms with van der Waals surface area (Å²) in [5, 5.41) is 49.4. The molecule has 26 heteroatoms. The molecule has 0 saturated heterocycles. The number of carboxylic acids is 3. The summed E-state index contributed by atoms with van der Waals surface area (Å²) in [6.07, 6.45) is 1.25. The number of fused-ring (bicyclic) bond motifs is 1. The number of unbranched alkanes of at least 4 members (excludes halogenated alkanes) is 2. The lowest BCUT2D eigenvalue weighted by Crippen LogP contribution is -2.59. The van der Waals surface area contributed by atoms with Gasteiger partial charge in [0.2, 0.25) is 41.4 Å². The van der Waals surface area contributed by atoms with Crippen molar-refractivity contribution < 1.29 is 76.2 Å². The van der Waals surface area contributed by atoms with Crippen molar-refractivity contribution in [3.05, 3.63) is 102 Å². The summed E-state index contributed by atoms with van der Waals surface area (Å²) in [4.78, 5) is 135. The fraction of sp³-hybridized carbons (Fsp3) is 0.423. The van der Waals surface area contributed by atoms with E-state index in [0.29, 0.717) is 42.1 Å². The number of amides is 7. The van der Waals surface area contributed by atoms with Crippen molar-refractivity contribution in [1.82, 2.24) is 47.5 Å². The van der Waals surface area contributed by atoms with Gasteiger partial charge in [0, 0.05) is 29.9 Å². The zero-order chi connectivity index (χ0) is 57.5. The van der Waals surface area contributed by atoms with Crippen LogP contribution in [0.4, 0.5) is 0 Å². The van der Waals surface area contributed by atoms with Crippen LogP contribution >= 0.6 is 0 Å². The lowest BCUT2D eigenvalue weighted by Gasteiger charge is -2.26. The van der Waals surface area contributed by atoms with Gasteiger partial charge in [-0.1, -0.05) is 100 Å². The molecule has 0 aliphatic rings. The Labute approximate surface area is 449 Å². The topological polar surface area (TPSA) is 398 Å². The smallest absolute Gasteiger partial charge is 0.326 e. The number of hydrogen-bond donors (Lipinski definition) is 13. The molecule has 0 fully saturated rings. The number of likely N-dealkylation sites (N-methyl/N-ethyl adjacent to an activating group) is 1. The molecule has 7 atom stereocenters. The number of nitrogens with one attached hydrogen (secondary N) is 9. The first-order valence-electron chi connectivity index (χ1n) is 25.1. The maximum absolute atomic E-state index is 14.3. The molecule has 1 aromatic heterocycles. The van der Waals surface area contributed by atoms with Crippen molar-refractivity contribution in [1.29, 1.82) is 0 Å². The van der Waals surface area contributed by atoms with E-state index in [1.807, 2.05) is 6.92 Å². The molecular weight excluding hydrogens is 1040 g/mol. The number of aromatic nitrogens is 1. The monoisotopic (exact) mass is 1110 g/mol. The summed E-state index contributed by atoms with van der Waals surface area (Å²) in [7, 11) is -3.09. The van der Waals surface area contributed by atoms with Gasteiger partial charge in [0.1, 0.15) is 36.3 Å². The van der Waals surface area contributed by atoms with Gasteiger partial charge in [0.05, 0.1) is 30.3 Å². The van der Waals surface area contributed by atoms with Crippen molar-refractivity contribution in [2.24, 2.45) is 0 Å². The predicted octanol–water partition coefficient (Wildman–Crippen LogP) is 0.470. The van der Waals surface area contributed by atoms with Crippen LogP contribution in [0, 0.1) is 0 Å². The van der Waals surface area contributed by atoms with Gasteiger partial charge in [-0.25, -0.2) is 4.79 Å². The van der Waals surface area contributed by atoms with Crippen LogP contribution in [0.2, 0.25) is 0 Å². The third-order valence-corrected chi connectivity index (χ3v) is 13.2. The molecule has 0 aliphatic heterocycles. The van der Waals surface area contributed by atoms with Crippen LogP contribution < -0.4 is 42.5 Å². The minimum atomic E-state index is -4.62.